The molecule has 1 aliphatic heterocycles. The number of aromatic nitrogens is 1. The fourth-order valence-corrected chi connectivity index (χ4v) is 3.61. The molecule has 1 unspecified atom stereocenters. The zero-order valence-corrected chi connectivity index (χ0v) is 11.4. The number of carbonyl (C=O) groups is 1. The lowest BCUT2D eigenvalue weighted by Crippen LogP contribution is -2.31. The molecule has 104 valence electrons. The van der Waals surface area contributed by atoms with E-state index in [9.17, 15) is 4.79 Å². The maximum atomic E-state index is 12.5. The molecule has 1 spiro atoms. The summed E-state index contributed by atoms with van der Waals surface area (Å²) < 4.78 is 0. The predicted molar refractivity (Wildman–Crippen MR) is 79.6 cm³/mol. The highest BCUT2D eigenvalue weighted by atomic mass is 16.2. The highest BCUT2D eigenvalue weighted by molar-refractivity contribution is 6.03. The first-order valence-corrected chi connectivity index (χ1v) is 7.36. The number of fused-ring (bicyclic) bond motifs is 1. The van der Waals surface area contributed by atoms with E-state index in [-0.39, 0.29) is 11.8 Å². The van der Waals surface area contributed by atoms with Crippen LogP contribution in [-0.4, -0.2) is 24.0 Å². The van der Waals surface area contributed by atoms with Crippen LogP contribution in [0.25, 0.3) is 10.9 Å². The van der Waals surface area contributed by atoms with Crippen molar-refractivity contribution in [2.75, 3.05) is 18.4 Å². The lowest BCUT2D eigenvalue weighted by atomic mass is 9.92. The van der Waals surface area contributed by atoms with Crippen molar-refractivity contribution in [3.63, 3.8) is 0 Å². The van der Waals surface area contributed by atoms with Gasteiger partial charge in [0.25, 0.3) is 0 Å². The fourth-order valence-electron chi connectivity index (χ4n) is 3.61. The van der Waals surface area contributed by atoms with Gasteiger partial charge in [0.2, 0.25) is 5.91 Å². The van der Waals surface area contributed by atoms with Crippen molar-refractivity contribution in [1.29, 1.82) is 0 Å². The lowest BCUT2D eigenvalue weighted by Gasteiger charge is -2.23. The van der Waals surface area contributed by atoms with Gasteiger partial charge in [-0.25, -0.2) is 0 Å². The van der Waals surface area contributed by atoms with Crippen LogP contribution in [-0.2, 0) is 4.79 Å². The molecule has 1 aliphatic carbocycles. The molecule has 1 saturated heterocycles. The van der Waals surface area contributed by atoms with Crippen molar-refractivity contribution in [2.45, 2.75) is 19.3 Å². The summed E-state index contributed by atoms with van der Waals surface area (Å²) in [5, 5.41) is 7.58. The molecule has 20 heavy (non-hydrogen) atoms. The van der Waals surface area contributed by atoms with Crippen LogP contribution in [0.2, 0.25) is 0 Å². The first-order valence-electron chi connectivity index (χ1n) is 7.36. The molecular formula is C16H19N3O. The number of carbonyl (C=O) groups excluding carboxylic acids is 1. The van der Waals surface area contributed by atoms with Crippen molar-refractivity contribution in [3.05, 3.63) is 30.5 Å². The van der Waals surface area contributed by atoms with Gasteiger partial charge in [-0.05, 0) is 56.0 Å². The Bertz CT molecular complexity index is 655. The van der Waals surface area contributed by atoms with Gasteiger partial charge in [-0.1, -0.05) is 6.07 Å². The Balaban J connectivity index is 1.52. The van der Waals surface area contributed by atoms with Crippen molar-refractivity contribution in [3.8, 4) is 0 Å². The van der Waals surface area contributed by atoms with Crippen LogP contribution in [0.15, 0.2) is 30.5 Å². The Kier molecular flexibility index (Phi) is 2.60. The van der Waals surface area contributed by atoms with Crippen LogP contribution in [0, 0.1) is 11.3 Å². The van der Waals surface area contributed by atoms with Gasteiger partial charge in [-0.15, -0.1) is 0 Å². The van der Waals surface area contributed by atoms with E-state index in [1.54, 1.807) is 0 Å². The third-order valence-electron chi connectivity index (χ3n) is 4.96. The summed E-state index contributed by atoms with van der Waals surface area (Å²) in [6.45, 7) is 2.11. The molecule has 0 bridgehead atoms. The first kappa shape index (κ1) is 12.0. The third kappa shape index (κ3) is 1.83. The Hall–Kier alpha value is -1.81. The lowest BCUT2D eigenvalue weighted by molar-refractivity contribution is -0.118. The number of anilines is 1. The second kappa shape index (κ2) is 4.35. The van der Waals surface area contributed by atoms with Crippen molar-refractivity contribution in [1.82, 2.24) is 10.3 Å². The summed E-state index contributed by atoms with van der Waals surface area (Å²) in [6.07, 6.45) is 5.24. The van der Waals surface area contributed by atoms with Crippen LogP contribution >= 0.6 is 0 Å². The number of piperidine rings is 1. The first-order chi connectivity index (χ1) is 9.78. The number of nitrogens with one attached hydrogen (secondary N) is 3. The standard InChI is InChI=1S/C16H19N3O/c20-15(12-10-16(12)5-8-17-9-6-16)19-14-3-1-2-13-11(14)4-7-18-13/h1-4,7,12,17-18H,5-6,8-10H2,(H,19,20). The largest absolute Gasteiger partial charge is 0.361 e. The SMILES string of the molecule is O=C(Nc1cccc2[nH]ccc12)C1CC12CCNCC2. The van der Waals surface area contributed by atoms with Gasteiger partial charge in [0.1, 0.15) is 0 Å². The Morgan fingerprint density at radius 3 is 2.95 bits per heavy atom. The highest BCUT2D eigenvalue weighted by Gasteiger charge is 2.57. The van der Waals surface area contributed by atoms with Crippen LogP contribution in [0.4, 0.5) is 5.69 Å². The van der Waals surface area contributed by atoms with E-state index >= 15 is 0 Å². The number of hydrogen-bond donors (Lipinski definition) is 3. The fraction of sp³-hybridized carbons (Fsp3) is 0.438. The zero-order chi connectivity index (χ0) is 13.6. The maximum Gasteiger partial charge on any atom is 0.228 e. The van der Waals surface area contributed by atoms with Gasteiger partial charge < -0.3 is 15.6 Å². The van der Waals surface area contributed by atoms with E-state index in [1.165, 1.54) is 0 Å². The van der Waals surface area contributed by atoms with E-state index < -0.39 is 0 Å². The Labute approximate surface area is 117 Å². The summed E-state index contributed by atoms with van der Waals surface area (Å²) in [7, 11) is 0. The average molecular weight is 269 g/mol. The average Bonchev–Trinajstić information content (AvgIpc) is 2.95. The Morgan fingerprint density at radius 1 is 1.25 bits per heavy atom. The molecule has 1 atom stereocenters. The smallest absolute Gasteiger partial charge is 0.228 e. The van der Waals surface area contributed by atoms with E-state index in [1.807, 2.05) is 30.5 Å². The normalized spacial score (nSPS) is 23.9. The molecule has 2 aromatic rings. The monoisotopic (exact) mass is 269 g/mol. The molecular weight excluding hydrogens is 250 g/mol. The van der Waals surface area contributed by atoms with E-state index in [2.05, 4.69) is 15.6 Å². The molecule has 1 amide bonds. The van der Waals surface area contributed by atoms with Crippen LogP contribution in [0.5, 0.6) is 0 Å². The van der Waals surface area contributed by atoms with Crippen molar-refractivity contribution >= 4 is 22.5 Å². The summed E-state index contributed by atoms with van der Waals surface area (Å²) in [4.78, 5) is 15.6. The highest BCUT2D eigenvalue weighted by Crippen LogP contribution is 2.58. The second-order valence-corrected chi connectivity index (χ2v) is 6.10. The predicted octanol–water partition coefficient (Wildman–Crippen LogP) is 2.50. The van der Waals surface area contributed by atoms with Crippen molar-refractivity contribution < 1.29 is 4.79 Å². The summed E-state index contributed by atoms with van der Waals surface area (Å²) in [6, 6.07) is 7.99. The molecule has 2 aliphatic rings. The van der Waals surface area contributed by atoms with Crippen LogP contribution in [0.3, 0.4) is 0 Å². The van der Waals surface area contributed by atoms with Crippen LogP contribution < -0.4 is 10.6 Å². The molecule has 3 N–H and O–H groups in total. The van der Waals surface area contributed by atoms with E-state index in [0.29, 0.717) is 5.41 Å². The van der Waals surface area contributed by atoms with Gasteiger partial charge in [0.15, 0.2) is 0 Å². The van der Waals surface area contributed by atoms with Crippen molar-refractivity contribution in [2.24, 2.45) is 11.3 Å². The van der Waals surface area contributed by atoms with Crippen LogP contribution in [0.1, 0.15) is 19.3 Å². The van der Waals surface area contributed by atoms with E-state index in [4.69, 9.17) is 0 Å². The minimum absolute atomic E-state index is 0.195. The molecule has 1 aromatic heterocycles. The quantitative estimate of drug-likeness (QED) is 0.784. The van der Waals surface area contributed by atoms with E-state index in [0.717, 1.165) is 48.9 Å². The molecule has 0 radical (unpaired) electrons. The molecule has 4 rings (SSSR count). The number of amides is 1. The second-order valence-electron chi connectivity index (χ2n) is 6.10. The maximum absolute atomic E-state index is 12.5. The summed E-state index contributed by atoms with van der Waals surface area (Å²) >= 11 is 0. The molecule has 2 fully saturated rings. The molecule has 4 nitrogen and oxygen atoms in total. The number of H-pyrrole nitrogens is 1. The molecule has 1 saturated carbocycles. The van der Waals surface area contributed by atoms with Gasteiger partial charge in [-0.3, -0.25) is 4.79 Å². The number of rotatable bonds is 2. The number of benzene rings is 1. The minimum Gasteiger partial charge on any atom is -0.361 e. The number of hydrogen-bond acceptors (Lipinski definition) is 2. The molecule has 1 aromatic carbocycles. The third-order valence-corrected chi connectivity index (χ3v) is 4.96. The number of aromatic amines is 1. The molecule has 4 heteroatoms. The van der Waals surface area contributed by atoms with Gasteiger partial charge in [0.05, 0.1) is 5.69 Å². The summed E-state index contributed by atoms with van der Waals surface area (Å²) in [5.74, 6) is 0.402. The van der Waals surface area contributed by atoms with Gasteiger partial charge in [0, 0.05) is 23.0 Å². The zero-order valence-electron chi connectivity index (χ0n) is 11.4. The van der Waals surface area contributed by atoms with Gasteiger partial charge >= 0.3 is 0 Å². The minimum atomic E-state index is 0.195. The Morgan fingerprint density at radius 2 is 2.10 bits per heavy atom. The molecule has 2 heterocycles. The van der Waals surface area contributed by atoms with Gasteiger partial charge in [-0.2, -0.15) is 0 Å². The topological polar surface area (TPSA) is 56.9 Å². The summed E-state index contributed by atoms with van der Waals surface area (Å²) in [5.41, 5.74) is 2.28.